The van der Waals surface area contributed by atoms with Crippen molar-refractivity contribution in [1.29, 1.82) is 0 Å². The summed E-state index contributed by atoms with van der Waals surface area (Å²) in [4.78, 5) is 0. The molecule has 1 unspecified atom stereocenters. The van der Waals surface area contributed by atoms with E-state index < -0.39 is 6.10 Å². The van der Waals surface area contributed by atoms with Crippen LogP contribution >= 0.6 is 27.5 Å². The molecule has 16 heavy (non-hydrogen) atoms. The highest BCUT2D eigenvalue weighted by atomic mass is 79.9. The van der Waals surface area contributed by atoms with Gasteiger partial charge in [0, 0.05) is 27.0 Å². The molecule has 4 heteroatoms. The molecule has 1 aliphatic carbocycles. The van der Waals surface area contributed by atoms with Crippen LogP contribution < -0.4 is 5.73 Å². The Morgan fingerprint density at radius 1 is 1.50 bits per heavy atom. The lowest BCUT2D eigenvalue weighted by Gasteiger charge is -2.45. The molecule has 1 aromatic rings. The monoisotopic (exact) mass is 303 g/mol. The highest BCUT2D eigenvalue weighted by Crippen LogP contribution is 2.50. The van der Waals surface area contributed by atoms with Crippen LogP contribution in [0.1, 0.15) is 30.9 Å². The summed E-state index contributed by atoms with van der Waals surface area (Å²) in [5.74, 6) is 0. The zero-order valence-corrected chi connectivity index (χ0v) is 11.3. The number of benzene rings is 1. The van der Waals surface area contributed by atoms with Gasteiger partial charge in [-0.15, -0.1) is 0 Å². The molecule has 0 aromatic heterocycles. The fraction of sp³-hybridized carbons (Fsp3) is 0.500. The van der Waals surface area contributed by atoms with Gasteiger partial charge in [-0.3, -0.25) is 0 Å². The zero-order valence-electron chi connectivity index (χ0n) is 8.92. The Hall–Kier alpha value is -0.0900. The van der Waals surface area contributed by atoms with E-state index in [9.17, 15) is 5.11 Å². The minimum atomic E-state index is -0.559. The number of nitrogens with two attached hydrogens (primary N) is 1. The van der Waals surface area contributed by atoms with Crippen molar-refractivity contribution in [3.8, 4) is 0 Å². The quantitative estimate of drug-likeness (QED) is 0.900. The molecule has 0 spiro atoms. The highest BCUT2D eigenvalue weighted by Gasteiger charge is 2.43. The molecule has 0 aliphatic heterocycles. The van der Waals surface area contributed by atoms with E-state index in [1.807, 2.05) is 12.1 Å². The molecule has 0 saturated heterocycles. The lowest BCUT2D eigenvalue weighted by Crippen LogP contribution is -2.42. The minimum absolute atomic E-state index is 0.162. The summed E-state index contributed by atoms with van der Waals surface area (Å²) in [5.41, 5.74) is 6.40. The van der Waals surface area contributed by atoms with Crippen LogP contribution in [0.4, 0.5) is 0 Å². The Morgan fingerprint density at radius 2 is 2.19 bits per heavy atom. The molecule has 0 bridgehead atoms. The summed E-state index contributed by atoms with van der Waals surface area (Å²) in [6, 6.07) is 5.55. The van der Waals surface area contributed by atoms with Gasteiger partial charge in [0.2, 0.25) is 0 Å². The second kappa shape index (κ2) is 4.65. The Kier molecular flexibility index (Phi) is 3.59. The SMILES string of the molecule is NCC1(C(O)c2cc(Br)ccc2Cl)CCC1. The summed E-state index contributed by atoms with van der Waals surface area (Å²) >= 11 is 9.51. The first kappa shape index (κ1) is 12.4. The predicted octanol–water partition coefficient (Wildman–Crippen LogP) is 3.26. The molecule has 1 fully saturated rings. The molecule has 2 rings (SSSR count). The third-order valence-electron chi connectivity index (χ3n) is 3.59. The fourth-order valence-electron chi connectivity index (χ4n) is 2.27. The first-order chi connectivity index (χ1) is 7.59. The maximum absolute atomic E-state index is 10.4. The van der Waals surface area contributed by atoms with Crippen molar-refractivity contribution < 1.29 is 5.11 Å². The summed E-state index contributed by atoms with van der Waals surface area (Å²) in [6.45, 7) is 0.511. The van der Waals surface area contributed by atoms with Gasteiger partial charge in [0.1, 0.15) is 0 Å². The van der Waals surface area contributed by atoms with Gasteiger partial charge in [0.25, 0.3) is 0 Å². The lowest BCUT2D eigenvalue weighted by atomic mass is 9.63. The maximum atomic E-state index is 10.4. The molecular weight excluding hydrogens is 289 g/mol. The first-order valence-corrected chi connectivity index (χ1v) is 6.59. The summed E-state index contributed by atoms with van der Waals surface area (Å²) in [6.07, 6.45) is 2.54. The third-order valence-corrected chi connectivity index (χ3v) is 4.43. The van der Waals surface area contributed by atoms with Crippen molar-refractivity contribution in [2.24, 2.45) is 11.1 Å². The van der Waals surface area contributed by atoms with E-state index in [0.717, 1.165) is 29.3 Å². The molecule has 0 amide bonds. The second-order valence-corrected chi connectivity index (χ2v) is 5.81. The number of rotatable bonds is 3. The number of aliphatic hydroxyl groups is 1. The highest BCUT2D eigenvalue weighted by molar-refractivity contribution is 9.10. The van der Waals surface area contributed by atoms with Gasteiger partial charge < -0.3 is 10.8 Å². The van der Waals surface area contributed by atoms with Gasteiger partial charge in [0.15, 0.2) is 0 Å². The molecule has 0 radical (unpaired) electrons. The van der Waals surface area contributed by atoms with Crippen LogP contribution in [-0.4, -0.2) is 11.7 Å². The second-order valence-electron chi connectivity index (χ2n) is 4.49. The molecule has 1 atom stereocenters. The Balaban J connectivity index is 2.32. The van der Waals surface area contributed by atoms with Crippen molar-refractivity contribution in [3.63, 3.8) is 0 Å². The third kappa shape index (κ3) is 2.02. The first-order valence-electron chi connectivity index (χ1n) is 5.42. The van der Waals surface area contributed by atoms with Crippen LogP contribution in [-0.2, 0) is 0 Å². The Morgan fingerprint density at radius 3 is 2.69 bits per heavy atom. The summed E-state index contributed by atoms with van der Waals surface area (Å²) < 4.78 is 0.928. The topological polar surface area (TPSA) is 46.2 Å². The van der Waals surface area contributed by atoms with Crippen LogP contribution in [0.2, 0.25) is 5.02 Å². The van der Waals surface area contributed by atoms with Gasteiger partial charge >= 0.3 is 0 Å². The standard InChI is InChI=1S/C12H15BrClNO/c13-8-2-3-10(14)9(6-8)11(16)12(7-15)4-1-5-12/h2-3,6,11,16H,1,4-5,7,15H2. The van der Waals surface area contributed by atoms with E-state index in [0.29, 0.717) is 11.6 Å². The lowest BCUT2D eigenvalue weighted by molar-refractivity contribution is -0.0296. The summed E-state index contributed by atoms with van der Waals surface area (Å²) in [7, 11) is 0. The van der Waals surface area contributed by atoms with Gasteiger partial charge in [-0.25, -0.2) is 0 Å². The van der Waals surface area contributed by atoms with Gasteiger partial charge in [-0.1, -0.05) is 34.0 Å². The van der Waals surface area contributed by atoms with Crippen molar-refractivity contribution in [3.05, 3.63) is 33.3 Å². The molecule has 1 aromatic carbocycles. The van der Waals surface area contributed by atoms with E-state index >= 15 is 0 Å². The van der Waals surface area contributed by atoms with Crippen LogP contribution in [0.3, 0.4) is 0 Å². The average molecular weight is 305 g/mol. The van der Waals surface area contributed by atoms with E-state index in [2.05, 4.69) is 15.9 Å². The van der Waals surface area contributed by atoms with Gasteiger partial charge in [-0.2, -0.15) is 0 Å². The fourth-order valence-corrected chi connectivity index (χ4v) is 2.87. The van der Waals surface area contributed by atoms with Crippen molar-refractivity contribution in [2.45, 2.75) is 25.4 Å². The minimum Gasteiger partial charge on any atom is -0.388 e. The molecule has 1 aliphatic rings. The van der Waals surface area contributed by atoms with E-state index in [1.54, 1.807) is 6.07 Å². The predicted molar refractivity (Wildman–Crippen MR) is 69.5 cm³/mol. The van der Waals surface area contributed by atoms with Crippen molar-refractivity contribution >= 4 is 27.5 Å². The Labute approximate surface area is 109 Å². The largest absolute Gasteiger partial charge is 0.388 e. The van der Waals surface area contributed by atoms with Gasteiger partial charge in [-0.05, 0) is 31.0 Å². The van der Waals surface area contributed by atoms with Crippen LogP contribution in [0.15, 0.2) is 22.7 Å². The molecule has 0 heterocycles. The van der Waals surface area contributed by atoms with Crippen LogP contribution in [0.5, 0.6) is 0 Å². The van der Waals surface area contributed by atoms with Crippen LogP contribution in [0, 0.1) is 5.41 Å². The van der Waals surface area contributed by atoms with E-state index in [1.165, 1.54) is 0 Å². The smallest absolute Gasteiger partial charge is 0.0873 e. The molecule has 2 nitrogen and oxygen atoms in total. The maximum Gasteiger partial charge on any atom is 0.0873 e. The number of hydrogen-bond donors (Lipinski definition) is 2. The Bertz CT molecular complexity index is 387. The van der Waals surface area contributed by atoms with Crippen molar-refractivity contribution in [2.75, 3.05) is 6.54 Å². The molecule has 1 saturated carbocycles. The van der Waals surface area contributed by atoms with E-state index in [-0.39, 0.29) is 5.41 Å². The average Bonchev–Trinajstić information content (AvgIpc) is 2.21. The number of halogens is 2. The molecule has 88 valence electrons. The zero-order chi connectivity index (χ0) is 11.8. The molecular formula is C12H15BrClNO. The number of hydrogen-bond acceptors (Lipinski definition) is 2. The normalized spacial score (nSPS) is 20.2. The summed E-state index contributed by atoms with van der Waals surface area (Å²) in [5, 5.41) is 11.0. The van der Waals surface area contributed by atoms with Gasteiger partial charge in [0.05, 0.1) is 6.10 Å². The van der Waals surface area contributed by atoms with Crippen LogP contribution in [0.25, 0.3) is 0 Å². The van der Waals surface area contributed by atoms with Crippen molar-refractivity contribution in [1.82, 2.24) is 0 Å². The van der Waals surface area contributed by atoms with E-state index in [4.69, 9.17) is 17.3 Å². The number of aliphatic hydroxyl groups excluding tert-OH is 1. The molecule has 3 N–H and O–H groups in total.